The summed E-state index contributed by atoms with van der Waals surface area (Å²) in [5.41, 5.74) is 0. The van der Waals surface area contributed by atoms with Crippen LogP contribution in [0.15, 0.2) is 0 Å². The van der Waals surface area contributed by atoms with Crippen molar-refractivity contribution in [3.63, 3.8) is 0 Å². The normalized spacial score (nSPS) is 51.2. The summed E-state index contributed by atoms with van der Waals surface area (Å²) in [6.07, 6.45) is 7.57. The van der Waals surface area contributed by atoms with Crippen LogP contribution in [0.4, 0.5) is 0 Å². The van der Waals surface area contributed by atoms with Crippen LogP contribution in [0.1, 0.15) is 38.5 Å². The Kier molecular flexibility index (Phi) is 1.38. The Morgan fingerprint density at radius 3 is 2.83 bits per heavy atom. The molecule has 3 fully saturated rings. The molecule has 3 aliphatic rings. The molecule has 3 aliphatic carbocycles. The number of carbonyl (C=O) groups is 1. The highest BCUT2D eigenvalue weighted by atomic mass is 16.1. The van der Waals surface area contributed by atoms with E-state index >= 15 is 0 Å². The first-order chi connectivity index (χ1) is 5.86. The van der Waals surface area contributed by atoms with Gasteiger partial charge in [-0.05, 0) is 43.4 Å². The van der Waals surface area contributed by atoms with Gasteiger partial charge in [-0.25, -0.2) is 0 Å². The molecule has 0 spiro atoms. The molecule has 0 aromatic heterocycles. The maximum Gasteiger partial charge on any atom is 0.136 e. The molecular weight excluding hydrogens is 148 g/mol. The molecule has 66 valence electrons. The molecule has 1 nitrogen and oxygen atoms in total. The van der Waals surface area contributed by atoms with Gasteiger partial charge in [-0.15, -0.1) is 0 Å². The minimum atomic E-state index is 0.510. The molecule has 0 aliphatic heterocycles. The van der Waals surface area contributed by atoms with Crippen LogP contribution in [0, 0.1) is 23.7 Å². The van der Waals surface area contributed by atoms with Gasteiger partial charge in [0.25, 0.3) is 0 Å². The fourth-order valence-corrected chi connectivity index (χ4v) is 3.99. The van der Waals surface area contributed by atoms with Crippen molar-refractivity contribution >= 4 is 5.78 Å². The largest absolute Gasteiger partial charge is 0.299 e. The zero-order chi connectivity index (χ0) is 8.13. The standard InChI is InChI=1S/C11H16O/c12-11-5-4-7-6-10(11)9-3-1-2-8(7)9/h7-10H,1-6H2/t7-,8-,9-,10+/m0/s1. The first-order valence-electron chi connectivity index (χ1n) is 5.39. The van der Waals surface area contributed by atoms with E-state index in [1.165, 1.54) is 32.1 Å². The van der Waals surface area contributed by atoms with Crippen LogP contribution >= 0.6 is 0 Å². The summed E-state index contributed by atoms with van der Waals surface area (Å²) in [7, 11) is 0. The van der Waals surface area contributed by atoms with Crippen LogP contribution in [0.2, 0.25) is 0 Å². The van der Waals surface area contributed by atoms with E-state index in [9.17, 15) is 4.79 Å². The van der Waals surface area contributed by atoms with Crippen molar-refractivity contribution in [2.75, 3.05) is 0 Å². The van der Waals surface area contributed by atoms with Gasteiger partial charge in [0.05, 0.1) is 0 Å². The summed E-state index contributed by atoms with van der Waals surface area (Å²) in [6, 6.07) is 0. The second-order valence-corrected chi connectivity index (χ2v) is 4.87. The topological polar surface area (TPSA) is 17.1 Å². The van der Waals surface area contributed by atoms with Gasteiger partial charge in [0.2, 0.25) is 0 Å². The Hall–Kier alpha value is -0.330. The summed E-state index contributed by atoms with van der Waals surface area (Å²) < 4.78 is 0. The van der Waals surface area contributed by atoms with Crippen molar-refractivity contribution in [3.05, 3.63) is 0 Å². The summed E-state index contributed by atoms with van der Waals surface area (Å²) in [5, 5.41) is 0. The van der Waals surface area contributed by atoms with E-state index < -0.39 is 0 Å². The average Bonchev–Trinajstić information content (AvgIpc) is 2.59. The molecule has 3 rings (SSSR count). The summed E-state index contributed by atoms with van der Waals surface area (Å²) in [5.74, 6) is 3.84. The first-order valence-corrected chi connectivity index (χ1v) is 5.39. The maximum atomic E-state index is 11.6. The van der Waals surface area contributed by atoms with Crippen LogP contribution in [-0.2, 0) is 4.79 Å². The van der Waals surface area contributed by atoms with Gasteiger partial charge in [-0.1, -0.05) is 6.42 Å². The lowest BCUT2D eigenvalue weighted by Crippen LogP contribution is -2.20. The Balaban J connectivity index is 1.93. The lowest BCUT2D eigenvalue weighted by molar-refractivity contribution is -0.125. The predicted molar refractivity (Wildman–Crippen MR) is 46.7 cm³/mol. The predicted octanol–water partition coefficient (Wildman–Crippen LogP) is 2.40. The van der Waals surface area contributed by atoms with Gasteiger partial charge in [0.1, 0.15) is 5.78 Å². The summed E-state index contributed by atoms with van der Waals surface area (Å²) >= 11 is 0. The van der Waals surface area contributed by atoms with Gasteiger partial charge >= 0.3 is 0 Å². The third kappa shape index (κ3) is 0.773. The van der Waals surface area contributed by atoms with Crippen molar-refractivity contribution in [2.45, 2.75) is 38.5 Å². The molecule has 0 unspecified atom stereocenters. The molecule has 2 bridgehead atoms. The zero-order valence-corrected chi connectivity index (χ0v) is 7.46. The molecule has 0 amide bonds. The number of fused-ring (bicyclic) bond motifs is 5. The highest BCUT2D eigenvalue weighted by Crippen LogP contribution is 2.55. The summed E-state index contributed by atoms with van der Waals surface area (Å²) in [4.78, 5) is 11.6. The molecule has 0 aromatic carbocycles. The van der Waals surface area contributed by atoms with E-state index in [1.807, 2.05) is 0 Å². The van der Waals surface area contributed by atoms with Crippen molar-refractivity contribution in [1.82, 2.24) is 0 Å². The van der Waals surface area contributed by atoms with E-state index in [0.717, 1.165) is 24.2 Å². The third-order valence-electron chi connectivity index (χ3n) is 4.48. The Labute approximate surface area is 73.5 Å². The fraction of sp³-hybridized carbons (Fsp3) is 0.909. The van der Waals surface area contributed by atoms with Gasteiger partial charge in [-0.3, -0.25) is 4.79 Å². The molecule has 3 saturated carbocycles. The van der Waals surface area contributed by atoms with Gasteiger partial charge < -0.3 is 0 Å². The number of hydrogen-bond donors (Lipinski definition) is 0. The molecule has 0 radical (unpaired) electrons. The number of Topliss-reactive ketones (excluding diaryl/α,β-unsaturated/α-hetero) is 1. The van der Waals surface area contributed by atoms with Crippen molar-refractivity contribution in [2.24, 2.45) is 23.7 Å². The van der Waals surface area contributed by atoms with Crippen molar-refractivity contribution in [1.29, 1.82) is 0 Å². The smallest absolute Gasteiger partial charge is 0.136 e. The zero-order valence-electron chi connectivity index (χ0n) is 7.46. The number of rotatable bonds is 0. The van der Waals surface area contributed by atoms with Crippen LogP contribution < -0.4 is 0 Å². The van der Waals surface area contributed by atoms with Crippen LogP contribution in [0.25, 0.3) is 0 Å². The second kappa shape index (κ2) is 2.34. The minimum Gasteiger partial charge on any atom is -0.299 e. The number of hydrogen-bond acceptors (Lipinski definition) is 1. The van der Waals surface area contributed by atoms with Gasteiger partial charge in [0, 0.05) is 12.3 Å². The van der Waals surface area contributed by atoms with Crippen LogP contribution in [-0.4, -0.2) is 5.78 Å². The Bertz CT molecular complexity index is 221. The molecule has 0 aromatic rings. The lowest BCUT2D eigenvalue weighted by Gasteiger charge is -2.19. The number of carbonyl (C=O) groups excluding carboxylic acids is 1. The van der Waals surface area contributed by atoms with Crippen LogP contribution in [0.5, 0.6) is 0 Å². The lowest BCUT2D eigenvalue weighted by atomic mass is 9.84. The van der Waals surface area contributed by atoms with Crippen LogP contribution in [0.3, 0.4) is 0 Å². The molecule has 0 N–H and O–H groups in total. The Morgan fingerprint density at radius 1 is 1.08 bits per heavy atom. The van der Waals surface area contributed by atoms with E-state index in [0.29, 0.717) is 11.7 Å². The third-order valence-corrected chi connectivity index (χ3v) is 4.48. The first kappa shape index (κ1) is 7.11. The van der Waals surface area contributed by atoms with Gasteiger partial charge in [0.15, 0.2) is 0 Å². The highest BCUT2D eigenvalue weighted by Gasteiger charge is 2.50. The molecule has 4 atom stereocenters. The SMILES string of the molecule is O=C1CC[C@H]2C[C@@H]1[C@H]1CCC[C@@H]21. The second-order valence-electron chi connectivity index (χ2n) is 4.87. The quantitative estimate of drug-likeness (QED) is 0.537. The summed E-state index contributed by atoms with van der Waals surface area (Å²) in [6.45, 7) is 0. The van der Waals surface area contributed by atoms with E-state index in [2.05, 4.69) is 0 Å². The highest BCUT2D eigenvalue weighted by molar-refractivity contribution is 5.82. The van der Waals surface area contributed by atoms with Gasteiger partial charge in [-0.2, -0.15) is 0 Å². The Morgan fingerprint density at radius 2 is 1.92 bits per heavy atom. The van der Waals surface area contributed by atoms with E-state index in [4.69, 9.17) is 0 Å². The average molecular weight is 164 g/mol. The molecular formula is C11H16O. The molecule has 12 heavy (non-hydrogen) atoms. The van der Waals surface area contributed by atoms with Crippen molar-refractivity contribution in [3.8, 4) is 0 Å². The van der Waals surface area contributed by atoms with E-state index in [1.54, 1.807) is 0 Å². The molecule has 0 saturated heterocycles. The van der Waals surface area contributed by atoms with Crippen molar-refractivity contribution < 1.29 is 4.79 Å². The fourth-order valence-electron chi connectivity index (χ4n) is 3.99. The molecule has 1 heteroatoms. The monoisotopic (exact) mass is 164 g/mol. The van der Waals surface area contributed by atoms with E-state index in [-0.39, 0.29) is 0 Å². The number of ketones is 1. The minimum absolute atomic E-state index is 0.510. The maximum absolute atomic E-state index is 11.6. The molecule has 0 heterocycles.